The van der Waals surface area contributed by atoms with Gasteiger partial charge in [0.25, 0.3) is 11.6 Å². The first-order chi connectivity index (χ1) is 10.5. The van der Waals surface area contributed by atoms with Crippen LogP contribution in [0.15, 0.2) is 30.5 Å². The molecule has 2 N–H and O–H groups in total. The fourth-order valence-electron chi connectivity index (χ4n) is 2.24. The van der Waals surface area contributed by atoms with E-state index in [1.165, 1.54) is 18.3 Å². The molecule has 1 aromatic carbocycles. The molecule has 0 aliphatic rings. The molecule has 0 bridgehead atoms. The molecule has 1 unspecified atom stereocenters. The van der Waals surface area contributed by atoms with Gasteiger partial charge in [-0.2, -0.15) is 0 Å². The highest BCUT2D eigenvalue weighted by Crippen LogP contribution is 2.26. The van der Waals surface area contributed by atoms with E-state index in [2.05, 4.69) is 10.3 Å². The molecule has 22 heavy (non-hydrogen) atoms. The molecule has 0 saturated carbocycles. The molecule has 0 saturated heterocycles. The van der Waals surface area contributed by atoms with Crippen molar-refractivity contribution >= 4 is 22.5 Å². The fourth-order valence-corrected chi connectivity index (χ4v) is 2.24. The molecule has 1 heterocycles. The topological polar surface area (TPSA) is 105 Å². The van der Waals surface area contributed by atoms with Crippen LogP contribution in [0.2, 0.25) is 0 Å². The van der Waals surface area contributed by atoms with Gasteiger partial charge >= 0.3 is 0 Å². The van der Waals surface area contributed by atoms with Crippen molar-refractivity contribution in [3.8, 4) is 0 Å². The zero-order valence-electron chi connectivity index (χ0n) is 12.2. The summed E-state index contributed by atoms with van der Waals surface area (Å²) >= 11 is 0. The van der Waals surface area contributed by atoms with Gasteiger partial charge < -0.3 is 10.4 Å². The highest BCUT2D eigenvalue weighted by Gasteiger charge is 2.19. The predicted molar refractivity (Wildman–Crippen MR) is 81.6 cm³/mol. The Morgan fingerprint density at radius 1 is 1.45 bits per heavy atom. The molecule has 1 amide bonds. The largest absolute Gasteiger partial charge is 0.391 e. The summed E-state index contributed by atoms with van der Waals surface area (Å²) in [7, 11) is 0. The Labute approximate surface area is 127 Å². The van der Waals surface area contributed by atoms with Gasteiger partial charge in [0.05, 0.1) is 27.5 Å². The van der Waals surface area contributed by atoms with Crippen LogP contribution in [0, 0.1) is 10.1 Å². The normalized spacial score (nSPS) is 12.1. The molecule has 1 aromatic heterocycles. The van der Waals surface area contributed by atoms with Gasteiger partial charge in [0.1, 0.15) is 0 Å². The number of carbonyl (C=O) groups excluding carboxylic acids is 1. The van der Waals surface area contributed by atoms with Crippen LogP contribution in [0.4, 0.5) is 5.69 Å². The lowest BCUT2D eigenvalue weighted by atomic mass is 10.1. The van der Waals surface area contributed by atoms with Crippen LogP contribution in [0.25, 0.3) is 10.9 Å². The van der Waals surface area contributed by atoms with Crippen molar-refractivity contribution in [3.63, 3.8) is 0 Å². The first-order valence-electron chi connectivity index (χ1n) is 7.03. The molecular weight excluding hydrogens is 286 g/mol. The second-order valence-electron chi connectivity index (χ2n) is 4.94. The molecule has 2 aromatic rings. The molecule has 7 heteroatoms. The molecule has 7 nitrogen and oxygen atoms in total. The molecule has 0 fully saturated rings. The zero-order valence-corrected chi connectivity index (χ0v) is 12.2. The van der Waals surface area contributed by atoms with Crippen molar-refractivity contribution in [2.24, 2.45) is 0 Å². The van der Waals surface area contributed by atoms with Gasteiger partial charge in [0.15, 0.2) is 0 Å². The van der Waals surface area contributed by atoms with Crippen LogP contribution in [0.5, 0.6) is 0 Å². The Kier molecular flexibility index (Phi) is 5.00. The highest BCUT2D eigenvalue weighted by atomic mass is 16.6. The minimum absolute atomic E-state index is 0.0920. The number of pyridine rings is 1. The van der Waals surface area contributed by atoms with Crippen LogP contribution in [0.3, 0.4) is 0 Å². The average molecular weight is 303 g/mol. The number of nitro benzene ring substituents is 1. The quantitative estimate of drug-likeness (QED) is 0.627. The maximum Gasteiger partial charge on any atom is 0.278 e. The number of aliphatic hydroxyl groups is 1. The molecule has 0 aliphatic heterocycles. The average Bonchev–Trinajstić information content (AvgIpc) is 2.51. The summed E-state index contributed by atoms with van der Waals surface area (Å²) in [4.78, 5) is 26.8. The third-order valence-electron chi connectivity index (χ3n) is 3.31. The number of hydrogen-bond donors (Lipinski definition) is 2. The van der Waals surface area contributed by atoms with Crippen molar-refractivity contribution in [3.05, 3.63) is 46.1 Å². The lowest BCUT2D eigenvalue weighted by Gasteiger charge is -2.11. The smallest absolute Gasteiger partial charge is 0.278 e. The van der Waals surface area contributed by atoms with E-state index in [9.17, 15) is 20.0 Å². The number of hydrogen-bond acceptors (Lipinski definition) is 5. The number of aliphatic hydroxyl groups excluding tert-OH is 1. The van der Waals surface area contributed by atoms with E-state index >= 15 is 0 Å². The van der Waals surface area contributed by atoms with E-state index in [4.69, 9.17) is 0 Å². The first-order valence-corrected chi connectivity index (χ1v) is 7.03. The van der Waals surface area contributed by atoms with Gasteiger partial charge in [-0.05, 0) is 24.6 Å². The number of nitro groups is 1. The maximum absolute atomic E-state index is 12.2. The SMILES string of the molecule is CCCC(O)CNC(=O)c1ccc([N+](=O)[O-])c2cccnc12. The molecule has 1 atom stereocenters. The van der Waals surface area contributed by atoms with E-state index < -0.39 is 16.9 Å². The molecule has 0 aliphatic carbocycles. The number of non-ortho nitro benzene ring substituents is 1. The van der Waals surface area contributed by atoms with Crippen LogP contribution >= 0.6 is 0 Å². The number of nitrogens with zero attached hydrogens (tertiary/aromatic N) is 2. The predicted octanol–water partition coefficient (Wildman–Crippen LogP) is 2.03. The minimum Gasteiger partial charge on any atom is -0.391 e. The maximum atomic E-state index is 12.2. The second kappa shape index (κ2) is 6.95. The number of nitrogens with one attached hydrogen (secondary N) is 1. The van der Waals surface area contributed by atoms with E-state index in [0.717, 1.165) is 6.42 Å². The van der Waals surface area contributed by atoms with E-state index in [-0.39, 0.29) is 23.3 Å². The number of rotatable bonds is 6. The molecule has 2 rings (SSSR count). The van der Waals surface area contributed by atoms with E-state index in [1.807, 2.05) is 6.92 Å². The number of aromatic nitrogens is 1. The van der Waals surface area contributed by atoms with Gasteiger partial charge in [-0.15, -0.1) is 0 Å². The van der Waals surface area contributed by atoms with E-state index in [0.29, 0.717) is 11.8 Å². The molecule has 0 radical (unpaired) electrons. The Morgan fingerprint density at radius 2 is 2.23 bits per heavy atom. The van der Waals surface area contributed by atoms with Crippen molar-refractivity contribution in [2.75, 3.05) is 6.54 Å². The summed E-state index contributed by atoms with van der Waals surface area (Å²) in [6, 6.07) is 5.82. The Hall–Kier alpha value is -2.54. The Morgan fingerprint density at radius 3 is 2.91 bits per heavy atom. The van der Waals surface area contributed by atoms with Gasteiger partial charge in [-0.3, -0.25) is 19.9 Å². The van der Waals surface area contributed by atoms with Crippen molar-refractivity contribution < 1.29 is 14.8 Å². The third kappa shape index (κ3) is 3.37. The summed E-state index contributed by atoms with van der Waals surface area (Å²) in [5, 5.41) is 23.6. The van der Waals surface area contributed by atoms with Crippen molar-refractivity contribution in [1.82, 2.24) is 10.3 Å². The van der Waals surface area contributed by atoms with Crippen molar-refractivity contribution in [2.45, 2.75) is 25.9 Å². The Balaban J connectivity index is 2.30. The first kappa shape index (κ1) is 15.8. The minimum atomic E-state index is -0.605. The number of carbonyl (C=O) groups is 1. The van der Waals surface area contributed by atoms with Crippen molar-refractivity contribution in [1.29, 1.82) is 0 Å². The van der Waals surface area contributed by atoms with Gasteiger partial charge in [-0.1, -0.05) is 13.3 Å². The summed E-state index contributed by atoms with van der Waals surface area (Å²) < 4.78 is 0. The zero-order chi connectivity index (χ0) is 16.1. The summed E-state index contributed by atoms with van der Waals surface area (Å²) in [5.41, 5.74) is 0.440. The van der Waals surface area contributed by atoms with Gasteiger partial charge in [-0.25, -0.2) is 0 Å². The third-order valence-corrected chi connectivity index (χ3v) is 3.31. The van der Waals surface area contributed by atoms with Crippen LogP contribution in [0.1, 0.15) is 30.1 Å². The summed E-state index contributed by atoms with van der Waals surface area (Å²) in [6.07, 6.45) is 2.29. The summed E-state index contributed by atoms with van der Waals surface area (Å²) in [6.45, 7) is 2.08. The lowest BCUT2D eigenvalue weighted by molar-refractivity contribution is -0.383. The van der Waals surface area contributed by atoms with Crippen LogP contribution in [-0.2, 0) is 0 Å². The number of benzene rings is 1. The monoisotopic (exact) mass is 303 g/mol. The van der Waals surface area contributed by atoms with Gasteiger partial charge in [0, 0.05) is 18.8 Å². The van der Waals surface area contributed by atoms with Gasteiger partial charge in [0.2, 0.25) is 0 Å². The molecule has 116 valence electrons. The van der Waals surface area contributed by atoms with Crippen LogP contribution in [-0.4, -0.2) is 33.6 Å². The number of amides is 1. The highest BCUT2D eigenvalue weighted by molar-refractivity contribution is 6.07. The lowest BCUT2D eigenvalue weighted by Crippen LogP contribution is -2.32. The molecular formula is C15H17N3O4. The number of fused-ring (bicyclic) bond motifs is 1. The van der Waals surface area contributed by atoms with Crippen LogP contribution < -0.4 is 5.32 Å². The summed E-state index contributed by atoms with van der Waals surface area (Å²) in [5.74, 6) is -0.409. The second-order valence-corrected chi connectivity index (χ2v) is 4.94. The Bertz CT molecular complexity index is 702. The van der Waals surface area contributed by atoms with E-state index in [1.54, 1.807) is 12.1 Å². The molecule has 0 spiro atoms. The standard InChI is InChI=1S/C15H17N3O4/c1-2-4-10(19)9-17-15(20)12-6-7-13(18(21)22)11-5-3-8-16-14(11)12/h3,5-8,10,19H,2,4,9H2,1H3,(H,17,20). The fraction of sp³-hybridized carbons (Fsp3) is 0.333.